The highest BCUT2D eigenvalue weighted by Gasteiger charge is 2.26. The summed E-state index contributed by atoms with van der Waals surface area (Å²) in [6.45, 7) is 8.17. The van der Waals surface area contributed by atoms with Gasteiger partial charge < -0.3 is 14.4 Å². The second-order valence-corrected chi connectivity index (χ2v) is 6.42. The zero-order valence-electron chi connectivity index (χ0n) is 14.0. The van der Waals surface area contributed by atoms with Crippen LogP contribution in [0.1, 0.15) is 58.6 Å². The van der Waals surface area contributed by atoms with Crippen LogP contribution in [-0.2, 0) is 9.53 Å². The highest BCUT2D eigenvalue weighted by Crippen LogP contribution is 2.23. The molecular formula is C18H27NO3. The number of aldehydes is 1. The molecule has 0 radical (unpaired) electrons. The molecule has 0 fully saturated rings. The molecule has 0 bridgehead atoms. The lowest BCUT2D eigenvalue weighted by molar-refractivity contribution is -0.107. The Morgan fingerprint density at radius 1 is 1.23 bits per heavy atom. The first-order chi connectivity index (χ1) is 10.3. The van der Waals surface area contributed by atoms with Crippen molar-refractivity contribution >= 4 is 12.4 Å². The van der Waals surface area contributed by atoms with Gasteiger partial charge in [0.1, 0.15) is 11.9 Å². The lowest BCUT2D eigenvalue weighted by Crippen LogP contribution is -2.39. The van der Waals surface area contributed by atoms with E-state index in [2.05, 4.69) is 0 Å². The Morgan fingerprint density at radius 3 is 2.41 bits per heavy atom. The minimum absolute atomic E-state index is 0.0627. The van der Waals surface area contributed by atoms with Crippen LogP contribution in [0.4, 0.5) is 4.79 Å². The van der Waals surface area contributed by atoms with Gasteiger partial charge in [0.25, 0.3) is 0 Å². The van der Waals surface area contributed by atoms with Gasteiger partial charge in [-0.15, -0.1) is 0 Å². The van der Waals surface area contributed by atoms with E-state index in [-0.39, 0.29) is 12.1 Å². The van der Waals surface area contributed by atoms with E-state index in [1.807, 2.05) is 58.0 Å². The third kappa shape index (κ3) is 6.29. The molecule has 4 heteroatoms. The quantitative estimate of drug-likeness (QED) is 0.555. The first kappa shape index (κ1) is 18.2. The number of unbranched alkanes of at least 4 members (excludes halogenated alkanes) is 2. The summed E-state index contributed by atoms with van der Waals surface area (Å²) in [5.74, 6) is 0. The number of hydrogen-bond donors (Lipinski definition) is 0. The molecule has 0 unspecified atom stereocenters. The monoisotopic (exact) mass is 305 g/mol. The van der Waals surface area contributed by atoms with Crippen LogP contribution < -0.4 is 0 Å². The van der Waals surface area contributed by atoms with Crippen LogP contribution in [-0.4, -0.2) is 29.4 Å². The molecule has 0 heterocycles. The zero-order valence-corrected chi connectivity index (χ0v) is 14.0. The van der Waals surface area contributed by atoms with Gasteiger partial charge in [-0.1, -0.05) is 30.3 Å². The number of carbonyl (C=O) groups excluding carboxylic acids is 2. The molecule has 0 aromatic heterocycles. The maximum absolute atomic E-state index is 12.5. The maximum Gasteiger partial charge on any atom is 0.410 e. The van der Waals surface area contributed by atoms with Crippen molar-refractivity contribution in [1.82, 2.24) is 4.90 Å². The lowest BCUT2D eigenvalue weighted by atomic mass is 10.1. The number of ether oxygens (including phenoxy) is 1. The molecule has 22 heavy (non-hydrogen) atoms. The van der Waals surface area contributed by atoms with Crippen LogP contribution in [0.15, 0.2) is 30.3 Å². The molecule has 122 valence electrons. The maximum atomic E-state index is 12.5. The fourth-order valence-corrected chi connectivity index (χ4v) is 2.18. The fourth-order valence-electron chi connectivity index (χ4n) is 2.18. The zero-order chi connectivity index (χ0) is 16.6. The van der Waals surface area contributed by atoms with E-state index >= 15 is 0 Å². The molecule has 1 atom stereocenters. The van der Waals surface area contributed by atoms with Crippen molar-refractivity contribution in [2.45, 2.75) is 58.6 Å². The number of amides is 1. The Labute approximate surface area is 133 Å². The molecule has 0 aliphatic carbocycles. The summed E-state index contributed by atoms with van der Waals surface area (Å²) >= 11 is 0. The van der Waals surface area contributed by atoms with Crippen LogP contribution in [0, 0.1) is 0 Å². The number of hydrogen-bond acceptors (Lipinski definition) is 3. The number of rotatable bonds is 7. The van der Waals surface area contributed by atoms with Gasteiger partial charge in [-0.3, -0.25) is 0 Å². The standard InChI is InChI=1S/C18H27NO3/c1-15(16-11-7-5-8-12-16)19(13-9-6-10-14-20)17(21)22-18(2,3)4/h5,7-8,11-12,14-15H,6,9-10,13H2,1-4H3/t15-/m1/s1. The Balaban J connectivity index is 2.80. The van der Waals surface area contributed by atoms with Gasteiger partial charge >= 0.3 is 6.09 Å². The third-order valence-corrected chi connectivity index (χ3v) is 3.35. The molecule has 1 amide bonds. The van der Waals surface area contributed by atoms with Gasteiger partial charge in [-0.2, -0.15) is 0 Å². The first-order valence-corrected chi connectivity index (χ1v) is 7.83. The van der Waals surface area contributed by atoms with Crippen molar-refractivity contribution in [3.63, 3.8) is 0 Å². The first-order valence-electron chi connectivity index (χ1n) is 7.83. The number of benzene rings is 1. The molecule has 1 aromatic carbocycles. The molecule has 0 saturated carbocycles. The van der Waals surface area contributed by atoms with Gasteiger partial charge in [0.2, 0.25) is 0 Å². The molecule has 1 aromatic rings. The highest BCUT2D eigenvalue weighted by atomic mass is 16.6. The summed E-state index contributed by atoms with van der Waals surface area (Å²) in [6, 6.07) is 9.84. The minimum Gasteiger partial charge on any atom is -0.444 e. The van der Waals surface area contributed by atoms with E-state index in [0.717, 1.165) is 24.7 Å². The van der Waals surface area contributed by atoms with Crippen molar-refractivity contribution < 1.29 is 14.3 Å². The van der Waals surface area contributed by atoms with E-state index in [9.17, 15) is 9.59 Å². The number of nitrogens with zero attached hydrogens (tertiary/aromatic N) is 1. The van der Waals surface area contributed by atoms with Gasteiger partial charge in [-0.05, 0) is 46.1 Å². The minimum atomic E-state index is -0.519. The van der Waals surface area contributed by atoms with Crippen molar-refractivity contribution in [2.75, 3.05) is 6.54 Å². The van der Waals surface area contributed by atoms with E-state index in [0.29, 0.717) is 13.0 Å². The largest absolute Gasteiger partial charge is 0.444 e. The average molecular weight is 305 g/mol. The van der Waals surface area contributed by atoms with Gasteiger partial charge in [0.15, 0.2) is 0 Å². The van der Waals surface area contributed by atoms with Crippen LogP contribution in [0.25, 0.3) is 0 Å². The fraction of sp³-hybridized carbons (Fsp3) is 0.556. The highest BCUT2D eigenvalue weighted by molar-refractivity contribution is 5.68. The summed E-state index contributed by atoms with van der Waals surface area (Å²) in [6.07, 6.45) is 2.70. The van der Waals surface area contributed by atoms with Gasteiger partial charge in [0, 0.05) is 13.0 Å². The second-order valence-electron chi connectivity index (χ2n) is 6.42. The van der Waals surface area contributed by atoms with E-state index in [1.165, 1.54) is 0 Å². The number of carbonyl (C=O) groups is 2. The SMILES string of the molecule is C[C@H](c1ccccc1)N(CCCCC=O)C(=O)OC(C)(C)C. The van der Waals surface area contributed by atoms with Gasteiger partial charge in [0.05, 0.1) is 6.04 Å². The Hall–Kier alpha value is -1.84. The Morgan fingerprint density at radius 2 is 1.86 bits per heavy atom. The Bertz CT molecular complexity index is 465. The average Bonchev–Trinajstić information content (AvgIpc) is 2.45. The van der Waals surface area contributed by atoms with Crippen molar-refractivity contribution in [3.05, 3.63) is 35.9 Å². The topological polar surface area (TPSA) is 46.6 Å². The predicted molar refractivity (Wildman–Crippen MR) is 87.7 cm³/mol. The third-order valence-electron chi connectivity index (χ3n) is 3.35. The Kier molecular flexibility index (Phi) is 7.09. The lowest BCUT2D eigenvalue weighted by Gasteiger charge is -2.32. The molecule has 0 spiro atoms. The molecule has 1 rings (SSSR count). The molecule has 0 aliphatic rings. The summed E-state index contributed by atoms with van der Waals surface area (Å²) in [4.78, 5) is 24.6. The van der Waals surface area contributed by atoms with Crippen molar-refractivity contribution in [1.29, 1.82) is 0 Å². The van der Waals surface area contributed by atoms with E-state index in [4.69, 9.17) is 4.74 Å². The van der Waals surface area contributed by atoms with Crippen molar-refractivity contribution in [2.24, 2.45) is 0 Å². The summed E-state index contributed by atoms with van der Waals surface area (Å²) in [5.41, 5.74) is 0.554. The van der Waals surface area contributed by atoms with Crippen LogP contribution >= 0.6 is 0 Å². The normalized spacial score (nSPS) is 12.5. The van der Waals surface area contributed by atoms with Crippen LogP contribution in [0.3, 0.4) is 0 Å². The van der Waals surface area contributed by atoms with E-state index in [1.54, 1.807) is 4.90 Å². The van der Waals surface area contributed by atoms with Crippen LogP contribution in [0.5, 0.6) is 0 Å². The summed E-state index contributed by atoms with van der Waals surface area (Å²) < 4.78 is 5.52. The molecule has 0 aliphatic heterocycles. The van der Waals surface area contributed by atoms with Crippen molar-refractivity contribution in [3.8, 4) is 0 Å². The smallest absolute Gasteiger partial charge is 0.410 e. The van der Waals surface area contributed by atoms with Gasteiger partial charge in [-0.25, -0.2) is 4.79 Å². The van der Waals surface area contributed by atoms with Crippen LogP contribution in [0.2, 0.25) is 0 Å². The second kappa shape index (κ2) is 8.57. The predicted octanol–water partition coefficient (Wildman–Crippen LogP) is 4.35. The molecule has 0 N–H and O–H groups in total. The summed E-state index contributed by atoms with van der Waals surface area (Å²) in [7, 11) is 0. The van der Waals surface area contributed by atoms with E-state index < -0.39 is 5.60 Å². The molecular weight excluding hydrogens is 278 g/mol. The molecule has 0 saturated heterocycles. The summed E-state index contributed by atoms with van der Waals surface area (Å²) in [5, 5.41) is 0. The molecule has 4 nitrogen and oxygen atoms in total.